The molecule has 0 atom stereocenters. The van der Waals surface area contributed by atoms with Crippen LogP contribution in [-0.4, -0.2) is 36.4 Å². The first-order valence-corrected chi connectivity index (χ1v) is 6.70. The SMILES string of the molecule is CCOCCCNC(=O)C(=O)c1c[nH]c2ccccc12. The molecule has 0 radical (unpaired) electrons. The Morgan fingerprint density at radius 2 is 2.10 bits per heavy atom. The van der Waals surface area contributed by atoms with Gasteiger partial charge in [-0.05, 0) is 19.4 Å². The lowest BCUT2D eigenvalue weighted by Crippen LogP contribution is -2.32. The third-order valence-corrected chi connectivity index (χ3v) is 3.00. The van der Waals surface area contributed by atoms with Crippen LogP contribution in [0, 0.1) is 0 Å². The molecule has 0 fully saturated rings. The fraction of sp³-hybridized carbons (Fsp3) is 0.333. The molecule has 5 nitrogen and oxygen atoms in total. The summed E-state index contributed by atoms with van der Waals surface area (Å²) in [5, 5.41) is 3.38. The van der Waals surface area contributed by atoms with E-state index in [1.54, 1.807) is 6.20 Å². The van der Waals surface area contributed by atoms with Crippen LogP contribution in [-0.2, 0) is 9.53 Å². The van der Waals surface area contributed by atoms with Gasteiger partial charge >= 0.3 is 0 Å². The molecule has 106 valence electrons. The van der Waals surface area contributed by atoms with Gasteiger partial charge < -0.3 is 15.0 Å². The van der Waals surface area contributed by atoms with Crippen LogP contribution in [0.1, 0.15) is 23.7 Å². The molecule has 2 aromatic rings. The Morgan fingerprint density at radius 3 is 2.90 bits per heavy atom. The summed E-state index contributed by atoms with van der Waals surface area (Å²) in [4.78, 5) is 26.9. The van der Waals surface area contributed by atoms with Crippen molar-refractivity contribution >= 4 is 22.6 Å². The summed E-state index contributed by atoms with van der Waals surface area (Å²) in [6, 6.07) is 7.40. The Bertz CT molecular complexity index is 604. The van der Waals surface area contributed by atoms with Crippen LogP contribution in [0.4, 0.5) is 0 Å². The van der Waals surface area contributed by atoms with Crippen LogP contribution in [0.3, 0.4) is 0 Å². The summed E-state index contributed by atoms with van der Waals surface area (Å²) in [7, 11) is 0. The minimum Gasteiger partial charge on any atom is -0.382 e. The van der Waals surface area contributed by atoms with Crippen LogP contribution < -0.4 is 5.32 Å². The highest BCUT2D eigenvalue weighted by Crippen LogP contribution is 2.17. The van der Waals surface area contributed by atoms with E-state index in [1.165, 1.54) is 0 Å². The van der Waals surface area contributed by atoms with Gasteiger partial charge in [0.25, 0.3) is 11.7 Å². The number of Topliss-reactive ketones (excluding diaryl/α,β-unsaturated/α-hetero) is 1. The van der Waals surface area contributed by atoms with Gasteiger partial charge in [-0.25, -0.2) is 0 Å². The van der Waals surface area contributed by atoms with Crippen molar-refractivity contribution < 1.29 is 14.3 Å². The largest absolute Gasteiger partial charge is 0.382 e. The minimum atomic E-state index is -0.578. The van der Waals surface area contributed by atoms with Crippen molar-refractivity contribution in [3.8, 4) is 0 Å². The number of ketones is 1. The number of nitrogens with one attached hydrogen (secondary N) is 2. The van der Waals surface area contributed by atoms with Crippen molar-refractivity contribution in [1.29, 1.82) is 0 Å². The maximum atomic E-state index is 12.1. The first-order chi connectivity index (χ1) is 9.74. The fourth-order valence-electron chi connectivity index (χ4n) is 1.98. The van der Waals surface area contributed by atoms with Crippen molar-refractivity contribution in [3.63, 3.8) is 0 Å². The molecular formula is C15H18N2O3. The number of carbonyl (C=O) groups is 2. The Labute approximate surface area is 117 Å². The van der Waals surface area contributed by atoms with Crippen molar-refractivity contribution in [2.45, 2.75) is 13.3 Å². The maximum Gasteiger partial charge on any atom is 0.292 e. The van der Waals surface area contributed by atoms with Gasteiger partial charge in [0, 0.05) is 36.9 Å². The number of hydrogen-bond acceptors (Lipinski definition) is 3. The molecule has 1 aromatic carbocycles. The second-order valence-electron chi connectivity index (χ2n) is 4.38. The maximum absolute atomic E-state index is 12.1. The summed E-state index contributed by atoms with van der Waals surface area (Å²) in [6.45, 7) is 3.59. The van der Waals surface area contributed by atoms with Crippen molar-refractivity contribution in [3.05, 3.63) is 36.0 Å². The van der Waals surface area contributed by atoms with E-state index < -0.39 is 11.7 Å². The Kier molecular flexibility index (Phi) is 4.90. The van der Waals surface area contributed by atoms with Crippen LogP contribution in [0.15, 0.2) is 30.5 Å². The quantitative estimate of drug-likeness (QED) is 0.460. The van der Waals surface area contributed by atoms with Gasteiger partial charge in [0.15, 0.2) is 0 Å². The third kappa shape index (κ3) is 3.24. The zero-order valence-electron chi connectivity index (χ0n) is 11.4. The van der Waals surface area contributed by atoms with E-state index >= 15 is 0 Å². The first kappa shape index (κ1) is 14.3. The summed E-state index contributed by atoms with van der Waals surface area (Å²) in [5.74, 6) is -1.09. The number of benzene rings is 1. The van der Waals surface area contributed by atoms with E-state index in [0.717, 1.165) is 10.9 Å². The second-order valence-corrected chi connectivity index (χ2v) is 4.38. The standard InChI is InChI=1S/C15H18N2O3/c1-2-20-9-5-8-16-15(19)14(18)12-10-17-13-7-4-3-6-11(12)13/h3-4,6-7,10,17H,2,5,8-9H2,1H3,(H,16,19). The molecule has 5 heteroatoms. The summed E-state index contributed by atoms with van der Waals surface area (Å²) >= 11 is 0. The predicted octanol–water partition coefficient (Wildman–Crippen LogP) is 1.89. The van der Waals surface area contributed by atoms with Crippen molar-refractivity contribution in [1.82, 2.24) is 10.3 Å². The van der Waals surface area contributed by atoms with Gasteiger partial charge in [-0.15, -0.1) is 0 Å². The summed E-state index contributed by atoms with van der Waals surface area (Å²) in [5.41, 5.74) is 1.25. The number of aromatic nitrogens is 1. The lowest BCUT2D eigenvalue weighted by Gasteiger charge is -2.04. The lowest BCUT2D eigenvalue weighted by atomic mass is 10.1. The Balaban J connectivity index is 1.95. The molecular weight excluding hydrogens is 256 g/mol. The number of aromatic amines is 1. The highest BCUT2D eigenvalue weighted by molar-refractivity contribution is 6.44. The summed E-state index contributed by atoms with van der Waals surface area (Å²) in [6.07, 6.45) is 2.27. The molecule has 2 N–H and O–H groups in total. The zero-order valence-corrected chi connectivity index (χ0v) is 11.4. The monoisotopic (exact) mass is 274 g/mol. The van der Waals surface area contributed by atoms with Crippen LogP contribution in [0.2, 0.25) is 0 Å². The topological polar surface area (TPSA) is 71.2 Å². The number of amides is 1. The highest BCUT2D eigenvalue weighted by Gasteiger charge is 2.19. The van der Waals surface area contributed by atoms with Gasteiger partial charge in [-0.3, -0.25) is 9.59 Å². The zero-order chi connectivity index (χ0) is 14.4. The van der Waals surface area contributed by atoms with E-state index in [4.69, 9.17) is 4.74 Å². The Hall–Kier alpha value is -2.14. The third-order valence-electron chi connectivity index (χ3n) is 3.00. The number of hydrogen-bond donors (Lipinski definition) is 2. The normalized spacial score (nSPS) is 10.7. The van der Waals surface area contributed by atoms with E-state index in [-0.39, 0.29) is 0 Å². The lowest BCUT2D eigenvalue weighted by molar-refractivity contribution is -0.117. The predicted molar refractivity (Wildman–Crippen MR) is 76.7 cm³/mol. The molecule has 0 saturated heterocycles. The number of H-pyrrole nitrogens is 1. The molecule has 1 amide bonds. The number of ether oxygens (including phenoxy) is 1. The average molecular weight is 274 g/mol. The smallest absolute Gasteiger partial charge is 0.292 e. The van der Waals surface area contributed by atoms with Crippen molar-refractivity contribution in [2.75, 3.05) is 19.8 Å². The van der Waals surface area contributed by atoms with Gasteiger partial charge in [-0.1, -0.05) is 18.2 Å². The molecule has 0 aliphatic carbocycles. The molecule has 1 aromatic heterocycles. The number of fused-ring (bicyclic) bond motifs is 1. The molecule has 0 saturated carbocycles. The van der Waals surface area contributed by atoms with Gasteiger partial charge in [0.2, 0.25) is 0 Å². The fourth-order valence-corrected chi connectivity index (χ4v) is 1.98. The van der Waals surface area contributed by atoms with E-state index in [1.807, 2.05) is 31.2 Å². The number of carbonyl (C=O) groups excluding carboxylic acids is 2. The van der Waals surface area contributed by atoms with E-state index in [2.05, 4.69) is 10.3 Å². The van der Waals surface area contributed by atoms with Gasteiger partial charge in [0.1, 0.15) is 0 Å². The molecule has 20 heavy (non-hydrogen) atoms. The Morgan fingerprint density at radius 1 is 1.30 bits per heavy atom. The molecule has 0 bridgehead atoms. The van der Waals surface area contributed by atoms with Gasteiger partial charge in [0.05, 0.1) is 5.56 Å². The molecule has 1 heterocycles. The second kappa shape index (κ2) is 6.86. The van der Waals surface area contributed by atoms with E-state index in [9.17, 15) is 9.59 Å². The minimum absolute atomic E-state index is 0.405. The molecule has 0 unspecified atom stereocenters. The van der Waals surface area contributed by atoms with Crippen molar-refractivity contribution in [2.24, 2.45) is 0 Å². The van der Waals surface area contributed by atoms with Gasteiger partial charge in [-0.2, -0.15) is 0 Å². The molecule has 0 spiro atoms. The van der Waals surface area contributed by atoms with Crippen LogP contribution in [0.25, 0.3) is 10.9 Å². The molecule has 2 rings (SSSR count). The van der Waals surface area contributed by atoms with Crippen LogP contribution in [0.5, 0.6) is 0 Å². The van der Waals surface area contributed by atoms with E-state index in [0.29, 0.717) is 31.7 Å². The average Bonchev–Trinajstić information content (AvgIpc) is 2.90. The molecule has 0 aliphatic rings. The summed E-state index contributed by atoms with van der Waals surface area (Å²) < 4.78 is 5.16. The number of rotatable bonds is 7. The van der Waals surface area contributed by atoms with Crippen LogP contribution >= 0.6 is 0 Å². The first-order valence-electron chi connectivity index (χ1n) is 6.70. The number of para-hydroxylation sites is 1. The highest BCUT2D eigenvalue weighted by atomic mass is 16.5. The molecule has 0 aliphatic heterocycles.